The van der Waals surface area contributed by atoms with Crippen molar-refractivity contribution in [3.05, 3.63) is 23.8 Å². The van der Waals surface area contributed by atoms with E-state index in [0.29, 0.717) is 31.0 Å². The van der Waals surface area contributed by atoms with Gasteiger partial charge in [-0.25, -0.2) is 0 Å². The quantitative estimate of drug-likeness (QED) is 0.119. The van der Waals surface area contributed by atoms with Crippen molar-refractivity contribution in [2.45, 2.75) is 63.0 Å². The summed E-state index contributed by atoms with van der Waals surface area (Å²) in [4.78, 5) is 14.7. The van der Waals surface area contributed by atoms with Crippen molar-refractivity contribution in [3.63, 3.8) is 0 Å². The molecule has 1 heterocycles. The van der Waals surface area contributed by atoms with Gasteiger partial charge in [-0.2, -0.15) is 0 Å². The highest BCUT2D eigenvalue weighted by atomic mass is 127. The molecular weight excluding hydrogens is 545 g/mol. The fraction of sp³-hybridized carbons (Fsp3) is 0.741. The molecule has 1 saturated heterocycles. The van der Waals surface area contributed by atoms with Crippen molar-refractivity contribution in [3.8, 4) is 11.5 Å². The van der Waals surface area contributed by atoms with Gasteiger partial charge in [0.25, 0.3) is 0 Å². The van der Waals surface area contributed by atoms with E-state index in [4.69, 9.17) is 18.9 Å². The van der Waals surface area contributed by atoms with Crippen molar-refractivity contribution in [2.75, 3.05) is 41.5 Å². The van der Waals surface area contributed by atoms with Gasteiger partial charge >= 0.3 is 5.97 Å². The largest absolute Gasteiger partial charge is 0.493 e. The summed E-state index contributed by atoms with van der Waals surface area (Å²) in [6.45, 7) is 10.0. The van der Waals surface area contributed by atoms with Crippen LogP contribution < -0.4 is 9.47 Å². The number of methoxy groups -OCH3 is 2. The Balaban J connectivity index is 2.25. The molecule has 2 rings (SSSR count). The maximum absolute atomic E-state index is 12.4. The predicted octanol–water partition coefficient (Wildman–Crippen LogP) is 5.77. The van der Waals surface area contributed by atoms with E-state index in [-0.39, 0.29) is 28.0 Å². The normalized spacial score (nSPS) is 21.1. The van der Waals surface area contributed by atoms with Crippen LogP contribution in [0.1, 0.15) is 58.6 Å². The number of cyclic esters (lactones) is 1. The molecule has 0 aromatic heterocycles. The smallest absolute Gasteiger partial charge is 0.309 e. The lowest BCUT2D eigenvalue weighted by molar-refractivity contribution is -0.145. The average molecular weight is 590 g/mol. The molecule has 1 aliphatic rings. The first-order chi connectivity index (χ1) is 16.1. The van der Waals surface area contributed by atoms with Crippen LogP contribution in [0.15, 0.2) is 18.2 Å². The van der Waals surface area contributed by atoms with E-state index < -0.39 is 0 Å². The zero-order chi connectivity index (χ0) is 25.4. The Hall–Kier alpha value is -1.06. The maximum Gasteiger partial charge on any atom is 0.309 e. The number of hydrogen-bond donors (Lipinski definition) is 0. The van der Waals surface area contributed by atoms with Crippen molar-refractivity contribution < 1.29 is 23.7 Å². The van der Waals surface area contributed by atoms with Gasteiger partial charge in [-0.3, -0.25) is 4.79 Å². The minimum atomic E-state index is -0.0302. The maximum atomic E-state index is 12.4. The number of carbonyl (C=O) groups excluding carboxylic acids is 1. The summed E-state index contributed by atoms with van der Waals surface area (Å²) in [5.74, 6) is 2.64. The second-order valence-corrected chi connectivity index (χ2v) is 11.8. The molecule has 194 valence electrons. The van der Waals surface area contributed by atoms with Gasteiger partial charge in [0, 0.05) is 30.1 Å². The fourth-order valence-electron chi connectivity index (χ4n) is 4.88. The Kier molecular flexibility index (Phi) is 11.9. The van der Waals surface area contributed by atoms with Crippen molar-refractivity contribution in [2.24, 2.45) is 23.7 Å². The predicted molar refractivity (Wildman–Crippen MR) is 145 cm³/mol. The molecule has 1 aliphatic heterocycles. The molecule has 7 heteroatoms. The SMILES string of the molecule is COCCCOc1cc(C([C@@H](CC(I)C2C[C@@H](C(C)C)C(=O)O2)C(C)C)N(C)C)ccc1OC. The van der Waals surface area contributed by atoms with Gasteiger partial charge in [0.15, 0.2) is 11.5 Å². The Morgan fingerprint density at radius 3 is 2.35 bits per heavy atom. The van der Waals surface area contributed by atoms with Crippen molar-refractivity contribution in [1.82, 2.24) is 4.90 Å². The summed E-state index contributed by atoms with van der Waals surface area (Å²) in [7, 11) is 7.64. The van der Waals surface area contributed by atoms with Gasteiger partial charge in [0.1, 0.15) is 6.10 Å². The van der Waals surface area contributed by atoms with E-state index in [1.165, 1.54) is 5.56 Å². The number of halogens is 1. The van der Waals surface area contributed by atoms with Crippen LogP contribution in [-0.2, 0) is 14.3 Å². The third-order valence-corrected chi connectivity index (χ3v) is 8.17. The first-order valence-electron chi connectivity index (χ1n) is 12.4. The van der Waals surface area contributed by atoms with Gasteiger partial charge in [-0.1, -0.05) is 56.4 Å². The van der Waals surface area contributed by atoms with Crippen molar-refractivity contribution in [1.29, 1.82) is 0 Å². The topological polar surface area (TPSA) is 57.2 Å². The second kappa shape index (κ2) is 13.9. The number of nitrogens with zero attached hydrogens (tertiary/aromatic N) is 1. The van der Waals surface area contributed by atoms with Crippen molar-refractivity contribution >= 4 is 28.6 Å². The molecule has 5 atom stereocenters. The second-order valence-electron chi connectivity index (χ2n) is 10.2. The third kappa shape index (κ3) is 7.72. The summed E-state index contributed by atoms with van der Waals surface area (Å²) in [5, 5.41) is 0. The highest BCUT2D eigenvalue weighted by molar-refractivity contribution is 14.1. The van der Waals surface area contributed by atoms with Gasteiger partial charge in [0.2, 0.25) is 0 Å². The van der Waals surface area contributed by atoms with E-state index in [1.807, 2.05) is 6.07 Å². The van der Waals surface area contributed by atoms with Crippen LogP contribution in [-0.4, -0.2) is 62.4 Å². The Morgan fingerprint density at radius 1 is 1.12 bits per heavy atom. The van der Waals surface area contributed by atoms with Crippen LogP contribution in [0, 0.1) is 23.7 Å². The number of alkyl halides is 1. The van der Waals surface area contributed by atoms with Crippen LogP contribution in [0.4, 0.5) is 0 Å². The Morgan fingerprint density at radius 2 is 1.82 bits per heavy atom. The molecule has 6 nitrogen and oxygen atoms in total. The summed E-state index contributed by atoms with van der Waals surface area (Å²) in [5.41, 5.74) is 1.21. The van der Waals surface area contributed by atoms with E-state index in [0.717, 1.165) is 30.8 Å². The monoisotopic (exact) mass is 589 g/mol. The molecule has 0 spiro atoms. The molecule has 34 heavy (non-hydrogen) atoms. The molecule has 1 aromatic carbocycles. The minimum Gasteiger partial charge on any atom is -0.493 e. The lowest BCUT2D eigenvalue weighted by Crippen LogP contribution is -2.34. The average Bonchev–Trinajstić information content (AvgIpc) is 3.18. The van der Waals surface area contributed by atoms with Crippen LogP contribution in [0.3, 0.4) is 0 Å². The molecule has 0 aliphatic carbocycles. The summed E-state index contributed by atoms with van der Waals surface area (Å²) >= 11 is 2.50. The summed E-state index contributed by atoms with van der Waals surface area (Å²) in [6, 6.07) is 6.47. The van der Waals surface area contributed by atoms with E-state index in [9.17, 15) is 4.79 Å². The molecule has 0 amide bonds. The molecule has 1 fully saturated rings. The summed E-state index contributed by atoms with van der Waals surface area (Å²) in [6.07, 6.45) is 2.60. The molecule has 3 unspecified atom stereocenters. The number of ether oxygens (including phenoxy) is 4. The first-order valence-corrected chi connectivity index (χ1v) is 13.7. The molecule has 0 bridgehead atoms. The van der Waals surface area contributed by atoms with Gasteiger partial charge in [-0.15, -0.1) is 0 Å². The fourth-order valence-corrected chi connectivity index (χ4v) is 5.91. The summed E-state index contributed by atoms with van der Waals surface area (Å²) < 4.78 is 22.9. The number of rotatable bonds is 14. The highest BCUT2D eigenvalue weighted by Gasteiger charge is 2.41. The molecule has 0 saturated carbocycles. The lowest BCUT2D eigenvalue weighted by Gasteiger charge is -2.37. The molecule has 0 radical (unpaired) electrons. The van der Waals surface area contributed by atoms with Gasteiger partial charge in [-0.05, 0) is 62.4 Å². The van der Waals surface area contributed by atoms with Crippen LogP contribution >= 0.6 is 22.6 Å². The lowest BCUT2D eigenvalue weighted by atomic mass is 9.79. The Bertz CT molecular complexity index is 769. The first kappa shape index (κ1) is 29.2. The minimum absolute atomic E-state index is 0.0138. The van der Waals surface area contributed by atoms with Crippen LogP contribution in [0.25, 0.3) is 0 Å². The number of benzene rings is 1. The molecule has 1 aromatic rings. The number of hydrogen-bond acceptors (Lipinski definition) is 6. The van der Waals surface area contributed by atoms with Gasteiger partial charge in [0.05, 0.1) is 19.6 Å². The third-order valence-electron chi connectivity index (χ3n) is 6.86. The standard InChI is InChI=1S/C27H44INO5/c1-17(2)20(15-22(28)24-16-21(18(3)4)27(30)34-24)26(29(5)6)19-10-11-23(32-8)25(14-19)33-13-9-12-31-7/h10-11,14,17-18,20-22,24,26H,9,12-13,15-16H2,1-8H3/t20-,21-,22?,24?,26?/m0/s1. The number of carbonyl (C=O) groups is 1. The molecule has 0 N–H and O–H groups in total. The van der Waals surface area contributed by atoms with Gasteiger partial charge < -0.3 is 23.8 Å². The highest BCUT2D eigenvalue weighted by Crippen LogP contribution is 2.42. The van der Waals surface area contributed by atoms with Crippen LogP contribution in [0.2, 0.25) is 0 Å². The zero-order valence-electron chi connectivity index (χ0n) is 22.2. The number of esters is 1. The van der Waals surface area contributed by atoms with E-state index in [2.05, 4.69) is 81.4 Å². The van der Waals surface area contributed by atoms with E-state index >= 15 is 0 Å². The Labute approximate surface area is 220 Å². The van der Waals surface area contributed by atoms with E-state index in [1.54, 1.807) is 14.2 Å². The zero-order valence-corrected chi connectivity index (χ0v) is 24.3. The van der Waals surface area contributed by atoms with Crippen LogP contribution in [0.5, 0.6) is 11.5 Å². The molecular formula is C27H44INO5.